The third-order valence-electron chi connectivity index (χ3n) is 16.4. The Morgan fingerprint density at radius 3 is 1.48 bits per heavy atom. The molecule has 0 radical (unpaired) electrons. The van der Waals surface area contributed by atoms with Gasteiger partial charge < -0.3 is 19.3 Å². The molecule has 3 aliphatic heterocycles. The molecule has 0 unspecified atom stereocenters. The van der Waals surface area contributed by atoms with Gasteiger partial charge in [0, 0.05) is 50.6 Å². The highest BCUT2D eigenvalue weighted by Gasteiger charge is 2.47. The number of nitriles is 1. The van der Waals surface area contributed by atoms with Gasteiger partial charge in [-0.3, -0.25) is 0 Å². The van der Waals surface area contributed by atoms with Gasteiger partial charge in [0.1, 0.15) is 0 Å². The second-order valence-electron chi connectivity index (χ2n) is 26.8. The van der Waals surface area contributed by atoms with E-state index in [-0.39, 0.29) is 33.8 Å². The maximum absolute atomic E-state index is 11.2. The minimum absolute atomic E-state index is 0.0144. The molecular formula is C69H70BN5. The first kappa shape index (κ1) is 48.5. The van der Waals surface area contributed by atoms with Gasteiger partial charge in [0.15, 0.2) is 0 Å². The number of rotatable bonds is 4. The molecule has 6 heteroatoms. The molecule has 9 aromatic rings. The van der Waals surface area contributed by atoms with Crippen molar-refractivity contribution in [1.29, 1.82) is 5.26 Å². The average Bonchev–Trinajstić information content (AvgIpc) is 3.79. The SMILES string of the molecule is CC(C)(C)c1ccc(N(c2ccc(C(C)(C)C)cc2)c2ccc3c(c2)N(c2ccccc2)c2cc(C#N)cc4c2B3c2cc(C(C)(C)C)cc3c2N4c2cc(C(C)(C)C)cc4c5cc(C(C)(C)C)ccc5n-3c24)cc1. The highest BCUT2D eigenvalue weighted by molar-refractivity contribution is 7.00. The molecule has 0 fully saturated rings. The predicted molar refractivity (Wildman–Crippen MR) is 321 cm³/mol. The van der Waals surface area contributed by atoms with Gasteiger partial charge in [0.25, 0.3) is 6.71 Å². The molecule has 0 saturated carbocycles. The number of hydrogen-bond acceptors (Lipinski definition) is 4. The molecular weight excluding hydrogens is 910 g/mol. The summed E-state index contributed by atoms with van der Waals surface area (Å²) in [7, 11) is 0. The van der Waals surface area contributed by atoms with Crippen molar-refractivity contribution in [3.63, 3.8) is 0 Å². The molecule has 0 bridgehead atoms. The number of benzene rings is 8. The van der Waals surface area contributed by atoms with Gasteiger partial charge in [-0.05, 0) is 162 Å². The van der Waals surface area contributed by atoms with Crippen LogP contribution in [-0.4, -0.2) is 11.3 Å². The molecule has 75 heavy (non-hydrogen) atoms. The normalized spacial score (nSPS) is 14.0. The van der Waals surface area contributed by atoms with Crippen molar-refractivity contribution in [3.8, 4) is 11.8 Å². The Balaban J connectivity index is 1.19. The Labute approximate surface area is 446 Å². The molecule has 4 heterocycles. The van der Waals surface area contributed by atoms with Crippen molar-refractivity contribution in [2.75, 3.05) is 14.7 Å². The third kappa shape index (κ3) is 7.63. The zero-order valence-electron chi connectivity index (χ0n) is 46.7. The molecule has 0 atom stereocenters. The molecule has 8 aromatic carbocycles. The lowest BCUT2D eigenvalue weighted by Gasteiger charge is -2.47. The van der Waals surface area contributed by atoms with E-state index in [1.165, 1.54) is 77.4 Å². The summed E-state index contributed by atoms with van der Waals surface area (Å²) in [5.74, 6) is 0. The van der Waals surface area contributed by atoms with Crippen molar-refractivity contribution >= 4 is 96.1 Å². The van der Waals surface area contributed by atoms with Crippen molar-refractivity contribution in [1.82, 2.24) is 4.57 Å². The molecule has 0 N–H and O–H groups in total. The Morgan fingerprint density at radius 1 is 0.413 bits per heavy atom. The Hall–Kier alpha value is -7.49. The molecule has 1 aromatic heterocycles. The lowest BCUT2D eigenvalue weighted by molar-refractivity contribution is 0.590. The summed E-state index contributed by atoms with van der Waals surface area (Å²) in [6, 6.07) is 60.3. The van der Waals surface area contributed by atoms with Gasteiger partial charge in [-0.1, -0.05) is 165 Å². The van der Waals surface area contributed by atoms with E-state index in [2.05, 4.69) is 281 Å². The Bertz CT molecular complexity index is 3800. The van der Waals surface area contributed by atoms with Crippen LogP contribution in [0.25, 0.3) is 27.5 Å². The first-order valence-electron chi connectivity index (χ1n) is 27.0. The summed E-state index contributed by atoms with van der Waals surface area (Å²) < 4.78 is 2.58. The monoisotopic (exact) mass is 980 g/mol. The Kier molecular flexibility index (Phi) is 10.5. The number of aromatic nitrogens is 1. The fourth-order valence-corrected chi connectivity index (χ4v) is 12.1. The second-order valence-corrected chi connectivity index (χ2v) is 26.8. The minimum atomic E-state index is -0.162. The summed E-state index contributed by atoms with van der Waals surface area (Å²) in [5.41, 5.74) is 23.9. The van der Waals surface area contributed by atoms with E-state index < -0.39 is 0 Å². The van der Waals surface area contributed by atoms with Crippen LogP contribution in [0.5, 0.6) is 0 Å². The van der Waals surface area contributed by atoms with Crippen LogP contribution in [0.15, 0.2) is 152 Å². The maximum atomic E-state index is 11.2. The van der Waals surface area contributed by atoms with Gasteiger partial charge in [-0.25, -0.2) is 0 Å². The van der Waals surface area contributed by atoms with Gasteiger partial charge in [-0.15, -0.1) is 0 Å². The van der Waals surface area contributed by atoms with Crippen LogP contribution in [-0.2, 0) is 27.1 Å². The Morgan fingerprint density at radius 2 is 0.920 bits per heavy atom. The maximum Gasteiger partial charge on any atom is 0.252 e. The zero-order valence-corrected chi connectivity index (χ0v) is 46.7. The average molecular weight is 980 g/mol. The lowest BCUT2D eigenvalue weighted by atomic mass is 9.33. The van der Waals surface area contributed by atoms with Crippen LogP contribution >= 0.6 is 0 Å². The van der Waals surface area contributed by atoms with Crippen LogP contribution in [0.4, 0.5) is 51.2 Å². The van der Waals surface area contributed by atoms with E-state index in [0.29, 0.717) is 5.56 Å². The summed E-state index contributed by atoms with van der Waals surface area (Å²) in [6.07, 6.45) is 0. The van der Waals surface area contributed by atoms with E-state index in [0.717, 1.165) is 45.5 Å². The van der Waals surface area contributed by atoms with Crippen LogP contribution in [0.3, 0.4) is 0 Å². The van der Waals surface area contributed by atoms with Crippen molar-refractivity contribution in [3.05, 3.63) is 185 Å². The molecule has 0 saturated heterocycles. The fourth-order valence-electron chi connectivity index (χ4n) is 12.1. The largest absolute Gasteiger partial charge is 0.311 e. The summed E-state index contributed by atoms with van der Waals surface area (Å²) >= 11 is 0. The quantitative estimate of drug-likeness (QED) is 0.165. The topological polar surface area (TPSA) is 38.4 Å². The summed E-state index contributed by atoms with van der Waals surface area (Å²) in [5, 5.41) is 13.7. The molecule has 0 spiro atoms. The van der Waals surface area contributed by atoms with Crippen molar-refractivity contribution in [2.24, 2.45) is 0 Å². The molecule has 12 rings (SSSR count). The van der Waals surface area contributed by atoms with Crippen LogP contribution in [0.1, 0.15) is 137 Å². The van der Waals surface area contributed by atoms with Crippen molar-refractivity contribution in [2.45, 2.75) is 131 Å². The van der Waals surface area contributed by atoms with E-state index in [9.17, 15) is 5.26 Å². The van der Waals surface area contributed by atoms with Crippen LogP contribution in [0.2, 0.25) is 0 Å². The molecule has 0 amide bonds. The first-order chi connectivity index (χ1) is 35.3. The van der Waals surface area contributed by atoms with E-state index >= 15 is 0 Å². The van der Waals surface area contributed by atoms with Gasteiger partial charge in [0.05, 0.1) is 39.7 Å². The third-order valence-corrected chi connectivity index (χ3v) is 16.4. The second kappa shape index (κ2) is 16.3. The van der Waals surface area contributed by atoms with Crippen molar-refractivity contribution < 1.29 is 0 Å². The minimum Gasteiger partial charge on any atom is -0.311 e. The van der Waals surface area contributed by atoms with Gasteiger partial charge >= 0.3 is 0 Å². The zero-order chi connectivity index (χ0) is 53.1. The highest BCUT2D eigenvalue weighted by Crippen LogP contribution is 2.55. The summed E-state index contributed by atoms with van der Waals surface area (Å²) in [4.78, 5) is 7.41. The van der Waals surface area contributed by atoms with Crippen LogP contribution < -0.4 is 31.1 Å². The van der Waals surface area contributed by atoms with E-state index in [4.69, 9.17) is 0 Å². The molecule has 0 aliphatic carbocycles. The molecule has 3 aliphatic rings. The van der Waals surface area contributed by atoms with E-state index in [1.807, 2.05) is 0 Å². The van der Waals surface area contributed by atoms with Gasteiger partial charge in [0.2, 0.25) is 0 Å². The van der Waals surface area contributed by atoms with Crippen LogP contribution in [0, 0.1) is 11.3 Å². The lowest BCUT2D eigenvalue weighted by Crippen LogP contribution is -2.62. The number of anilines is 9. The number of fused-ring (bicyclic) bond motifs is 9. The number of hydrogen-bond donors (Lipinski definition) is 0. The van der Waals surface area contributed by atoms with Gasteiger partial charge in [-0.2, -0.15) is 5.26 Å². The number of para-hydroxylation sites is 1. The molecule has 5 nitrogen and oxygen atoms in total. The highest BCUT2D eigenvalue weighted by atomic mass is 15.2. The summed E-state index contributed by atoms with van der Waals surface area (Å²) in [6.45, 7) is 34.5. The number of nitrogens with zero attached hydrogens (tertiary/aromatic N) is 5. The first-order valence-corrected chi connectivity index (χ1v) is 27.0. The molecule has 374 valence electrons. The standard InChI is InChI=1S/C69H70BN5/c1-65(2,3)43-21-26-49(27-22-43)72(50-28-23-44(24-29-50)66(4,5)6)51-30-31-54-57(40-51)73(48-19-17-16-18-20-48)58-33-42(41-71)34-59-62(58)70(54)55-37-47(69(13,14)15)39-61-64(55)75(59)60-38-46(68(10,11)12)36-53-52-35-45(67(7,8)9)25-32-56(52)74(61)63(53)60/h16-40H,1-15H3. The smallest absolute Gasteiger partial charge is 0.252 e. The predicted octanol–water partition coefficient (Wildman–Crippen LogP) is 17.0. The van der Waals surface area contributed by atoms with E-state index in [1.54, 1.807) is 0 Å². The fraction of sp³-hybridized carbons (Fsp3) is 0.290.